The van der Waals surface area contributed by atoms with Gasteiger partial charge in [-0.05, 0) is 93.3 Å². The van der Waals surface area contributed by atoms with E-state index in [-0.39, 0.29) is 0 Å². The fraction of sp³-hybridized carbons (Fsp3) is 0.647. The van der Waals surface area contributed by atoms with E-state index in [9.17, 15) is 0 Å². The van der Waals surface area contributed by atoms with Gasteiger partial charge in [-0.15, -0.1) is 0 Å². The molecule has 1 aromatic carbocycles. The topological polar surface area (TPSA) is 12.0 Å². The number of nitrogens with one attached hydrogen (secondary N) is 1. The molecular weight excluding hydrogens is 218 g/mol. The predicted octanol–water partition coefficient (Wildman–Crippen LogP) is 4.15. The Morgan fingerprint density at radius 1 is 0.889 bits per heavy atom. The van der Waals surface area contributed by atoms with Gasteiger partial charge in [-0.3, -0.25) is 0 Å². The van der Waals surface area contributed by atoms with Gasteiger partial charge in [-0.2, -0.15) is 0 Å². The third kappa shape index (κ3) is 1.99. The monoisotopic (exact) mass is 245 g/mol. The molecule has 2 rings (SSSR count). The Bertz CT molecular complexity index is 444. The van der Waals surface area contributed by atoms with Crippen molar-refractivity contribution in [1.29, 1.82) is 0 Å². The van der Waals surface area contributed by atoms with E-state index in [1.54, 1.807) is 5.56 Å². The molecule has 1 saturated carbocycles. The summed E-state index contributed by atoms with van der Waals surface area (Å²) in [6.45, 7) is 13.7. The van der Waals surface area contributed by atoms with Crippen molar-refractivity contribution in [2.45, 2.75) is 54.0 Å². The number of benzene rings is 1. The van der Waals surface area contributed by atoms with Crippen LogP contribution in [-0.2, 0) is 0 Å². The SMILES string of the molecule is CNC(c1c(C)c(C)c(C)c(C)c1C)C1CC1C. The first-order valence-corrected chi connectivity index (χ1v) is 7.14. The van der Waals surface area contributed by atoms with E-state index >= 15 is 0 Å². The van der Waals surface area contributed by atoms with Crippen molar-refractivity contribution < 1.29 is 0 Å². The Morgan fingerprint density at radius 3 is 1.61 bits per heavy atom. The van der Waals surface area contributed by atoms with Crippen LogP contribution in [-0.4, -0.2) is 7.05 Å². The van der Waals surface area contributed by atoms with Gasteiger partial charge in [0.15, 0.2) is 0 Å². The third-order valence-electron chi connectivity index (χ3n) is 5.28. The molecule has 1 heteroatoms. The molecular formula is C17H27N. The highest BCUT2D eigenvalue weighted by atomic mass is 14.9. The van der Waals surface area contributed by atoms with E-state index in [4.69, 9.17) is 0 Å². The number of hydrogen-bond acceptors (Lipinski definition) is 1. The maximum absolute atomic E-state index is 3.57. The maximum Gasteiger partial charge on any atom is 0.0354 e. The van der Waals surface area contributed by atoms with E-state index in [1.807, 2.05) is 0 Å². The molecule has 0 aliphatic heterocycles. The summed E-state index contributed by atoms with van der Waals surface area (Å²) in [6.07, 6.45) is 1.37. The highest BCUT2D eigenvalue weighted by Gasteiger charge is 2.40. The van der Waals surface area contributed by atoms with Gasteiger partial charge in [0.1, 0.15) is 0 Å². The van der Waals surface area contributed by atoms with E-state index in [0.717, 1.165) is 11.8 Å². The maximum atomic E-state index is 3.57. The molecule has 3 unspecified atom stereocenters. The molecule has 0 heterocycles. The minimum absolute atomic E-state index is 0.540. The second-order valence-corrected chi connectivity index (χ2v) is 6.18. The lowest BCUT2D eigenvalue weighted by atomic mass is 9.84. The molecule has 3 atom stereocenters. The molecule has 0 amide bonds. The molecule has 0 radical (unpaired) electrons. The zero-order chi connectivity index (χ0) is 13.6. The first-order valence-electron chi connectivity index (χ1n) is 7.14. The van der Waals surface area contributed by atoms with E-state index < -0.39 is 0 Å². The Hall–Kier alpha value is -0.820. The molecule has 0 saturated heterocycles. The molecule has 1 aliphatic rings. The van der Waals surface area contributed by atoms with Crippen LogP contribution in [0.3, 0.4) is 0 Å². The Labute approximate surface area is 112 Å². The van der Waals surface area contributed by atoms with Crippen LogP contribution in [0.15, 0.2) is 0 Å². The molecule has 1 fully saturated rings. The van der Waals surface area contributed by atoms with Crippen LogP contribution >= 0.6 is 0 Å². The van der Waals surface area contributed by atoms with E-state index in [1.165, 1.54) is 34.2 Å². The zero-order valence-electron chi connectivity index (χ0n) is 12.9. The van der Waals surface area contributed by atoms with Gasteiger partial charge in [-0.1, -0.05) is 6.92 Å². The average Bonchev–Trinajstić information content (AvgIpc) is 3.06. The summed E-state index contributed by atoms with van der Waals surface area (Å²) >= 11 is 0. The van der Waals surface area contributed by atoms with Gasteiger partial charge in [0, 0.05) is 6.04 Å². The van der Waals surface area contributed by atoms with Crippen LogP contribution in [0.5, 0.6) is 0 Å². The molecule has 1 aromatic rings. The van der Waals surface area contributed by atoms with Crippen molar-refractivity contribution in [2.75, 3.05) is 7.05 Å². The van der Waals surface area contributed by atoms with Gasteiger partial charge in [0.2, 0.25) is 0 Å². The Morgan fingerprint density at radius 2 is 1.28 bits per heavy atom. The largest absolute Gasteiger partial charge is 0.313 e. The predicted molar refractivity (Wildman–Crippen MR) is 79.2 cm³/mol. The lowest BCUT2D eigenvalue weighted by Gasteiger charge is -2.26. The number of rotatable bonds is 3. The van der Waals surface area contributed by atoms with Crippen molar-refractivity contribution in [2.24, 2.45) is 11.8 Å². The summed E-state index contributed by atoms with van der Waals surface area (Å²) < 4.78 is 0. The normalized spacial score (nSPS) is 24.2. The molecule has 100 valence electrons. The van der Waals surface area contributed by atoms with Crippen LogP contribution in [0.4, 0.5) is 0 Å². The van der Waals surface area contributed by atoms with Crippen molar-refractivity contribution in [1.82, 2.24) is 5.32 Å². The van der Waals surface area contributed by atoms with Gasteiger partial charge < -0.3 is 5.32 Å². The fourth-order valence-corrected chi connectivity index (χ4v) is 3.38. The van der Waals surface area contributed by atoms with Crippen molar-refractivity contribution >= 4 is 0 Å². The first kappa shape index (κ1) is 13.6. The fourth-order valence-electron chi connectivity index (χ4n) is 3.38. The lowest BCUT2D eigenvalue weighted by Crippen LogP contribution is -2.22. The van der Waals surface area contributed by atoms with Crippen LogP contribution < -0.4 is 5.32 Å². The average molecular weight is 245 g/mol. The Kier molecular flexibility index (Phi) is 3.55. The molecule has 1 nitrogen and oxygen atoms in total. The quantitative estimate of drug-likeness (QED) is 0.843. The molecule has 0 spiro atoms. The third-order valence-corrected chi connectivity index (χ3v) is 5.28. The van der Waals surface area contributed by atoms with E-state index in [0.29, 0.717) is 6.04 Å². The summed E-state index contributed by atoms with van der Waals surface area (Å²) in [5, 5.41) is 3.57. The van der Waals surface area contributed by atoms with Crippen molar-refractivity contribution in [3.05, 3.63) is 33.4 Å². The second-order valence-electron chi connectivity index (χ2n) is 6.18. The number of hydrogen-bond donors (Lipinski definition) is 1. The summed E-state index contributed by atoms with van der Waals surface area (Å²) in [5.74, 6) is 1.71. The van der Waals surface area contributed by atoms with Gasteiger partial charge in [0.05, 0.1) is 0 Å². The van der Waals surface area contributed by atoms with Crippen LogP contribution in [0.1, 0.15) is 52.8 Å². The smallest absolute Gasteiger partial charge is 0.0354 e. The first-order chi connectivity index (χ1) is 8.40. The molecule has 1 aliphatic carbocycles. The molecule has 1 N–H and O–H groups in total. The summed E-state index contributed by atoms with van der Waals surface area (Å²) in [5.41, 5.74) is 8.96. The zero-order valence-corrected chi connectivity index (χ0v) is 12.9. The van der Waals surface area contributed by atoms with Crippen LogP contribution in [0.2, 0.25) is 0 Å². The van der Waals surface area contributed by atoms with Gasteiger partial charge >= 0.3 is 0 Å². The Balaban J connectivity index is 2.56. The highest BCUT2D eigenvalue weighted by Crippen LogP contribution is 2.48. The van der Waals surface area contributed by atoms with Gasteiger partial charge in [0.25, 0.3) is 0 Å². The standard InChI is InChI=1S/C17H27N/c1-9-8-15(9)17(18-7)16-13(5)11(3)10(2)12(4)14(16)6/h9,15,17-18H,8H2,1-7H3. The minimum atomic E-state index is 0.540. The molecule has 0 bridgehead atoms. The second kappa shape index (κ2) is 4.70. The van der Waals surface area contributed by atoms with E-state index in [2.05, 4.69) is 53.9 Å². The molecule has 18 heavy (non-hydrogen) atoms. The highest BCUT2D eigenvalue weighted by molar-refractivity contribution is 5.51. The van der Waals surface area contributed by atoms with Crippen LogP contribution in [0, 0.1) is 46.5 Å². The summed E-state index contributed by atoms with van der Waals surface area (Å²) in [4.78, 5) is 0. The lowest BCUT2D eigenvalue weighted by molar-refractivity contribution is 0.499. The van der Waals surface area contributed by atoms with Gasteiger partial charge in [-0.25, -0.2) is 0 Å². The van der Waals surface area contributed by atoms with Crippen molar-refractivity contribution in [3.8, 4) is 0 Å². The summed E-state index contributed by atoms with van der Waals surface area (Å²) in [6, 6.07) is 0.540. The van der Waals surface area contributed by atoms with Crippen LogP contribution in [0.25, 0.3) is 0 Å². The van der Waals surface area contributed by atoms with Crippen molar-refractivity contribution in [3.63, 3.8) is 0 Å². The summed E-state index contributed by atoms with van der Waals surface area (Å²) in [7, 11) is 2.11. The minimum Gasteiger partial charge on any atom is -0.313 e. The molecule has 0 aromatic heterocycles.